The Morgan fingerprint density at radius 1 is 1.56 bits per heavy atom. The largest absolute Gasteiger partial charge is 0.396 e. The number of aliphatic hydroxyl groups is 1. The molecule has 0 saturated heterocycles. The summed E-state index contributed by atoms with van der Waals surface area (Å²) in [4.78, 5) is 4.33. The zero-order valence-electron chi connectivity index (χ0n) is 9.65. The summed E-state index contributed by atoms with van der Waals surface area (Å²) < 4.78 is 5.28. The smallest absolute Gasteiger partial charge is 0.234 e. The second kappa shape index (κ2) is 4.51. The molecule has 0 amide bonds. The van der Waals surface area contributed by atoms with E-state index in [1.54, 1.807) is 0 Å². The van der Waals surface area contributed by atoms with Gasteiger partial charge < -0.3 is 15.4 Å². The molecular formula is C11H19N3O2. The normalized spacial score (nSPS) is 30.6. The highest BCUT2D eigenvalue weighted by atomic mass is 16.5. The maximum Gasteiger partial charge on any atom is 0.234 e. The van der Waals surface area contributed by atoms with Gasteiger partial charge in [-0.1, -0.05) is 18.0 Å². The van der Waals surface area contributed by atoms with Gasteiger partial charge in [0.15, 0.2) is 5.82 Å². The van der Waals surface area contributed by atoms with Crippen molar-refractivity contribution in [1.82, 2.24) is 10.1 Å². The monoisotopic (exact) mass is 225 g/mol. The van der Waals surface area contributed by atoms with Crippen molar-refractivity contribution in [3.8, 4) is 0 Å². The Morgan fingerprint density at radius 3 is 3.06 bits per heavy atom. The first-order valence-electron chi connectivity index (χ1n) is 5.86. The number of rotatable bonds is 3. The van der Waals surface area contributed by atoms with Crippen molar-refractivity contribution in [2.75, 3.05) is 6.61 Å². The molecular weight excluding hydrogens is 206 g/mol. The van der Waals surface area contributed by atoms with Gasteiger partial charge in [0, 0.05) is 12.5 Å². The van der Waals surface area contributed by atoms with E-state index in [2.05, 4.69) is 17.1 Å². The number of hydrogen-bond donors (Lipinski definition) is 2. The van der Waals surface area contributed by atoms with Crippen LogP contribution in [0.4, 0.5) is 0 Å². The van der Waals surface area contributed by atoms with E-state index in [0.29, 0.717) is 18.1 Å². The Bertz CT molecular complexity index is 353. The molecule has 1 heterocycles. The van der Waals surface area contributed by atoms with Crippen LogP contribution < -0.4 is 5.73 Å². The van der Waals surface area contributed by atoms with E-state index < -0.39 is 0 Å². The lowest BCUT2D eigenvalue weighted by molar-refractivity contribution is 0.202. The van der Waals surface area contributed by atoms with Crippen LogP contribution in [-0.2, 0) is 11.8 Å². The van der Waals surface area contributed by atoms with Crippen LogP contribution in [0, 0.1) is 0 Å². The molecule has 0 aliphatic heterocycles. The number of hydrogen-bond acceptors (Lipinski definition) is 5. The van der Waals surface area contributed by atoms with Crippen LogP contribution in [0.25, 0.3) is 0 Å². The molecule has 3 N–H and O–H groups in total. The summed E-state index contributed by atoms with van der Waals surface area (Å²) in [5, 5.41) is 12.7. The molecule has 0 spiro atoms. The highest BCUT2D eigenvalue weighted by Gasteiger charge is 2.40. The maximum absolute atomic E-state index is 8.81. The molecule has 5 heteroatoms. The SMILES string of the molecule is CC1(c2nc(CCO)no2)CCCCC1N. The highest BCUT2D eigenvalue weighted by Crippen LogP contribution is 2.37. The standard InChI is InChI=1S/C11H19N3O2/c1-11(6-3-2-4-8(11)12)10-13-9(5-7-15)14-16-10/h8,15H,2-7,12H2,1H3. The van der Waals surface area contributed by atoms with E-state index >= 15 is 0 Å². The van der Waals surface area contributed by atoms with E-state index in [-0.39, 0.29) is 18.1 Å². The molecule has 2 rings (SSSR count). The lowest BCUT2D eigenvalue weighted by Gasteiger charge is -2.35. The van der Waals surface area contributed by atoms with Crippen molar-refractivity contribution in [2.45, 2.75) is 50.5 Å². The summed E-state index contributed by atoms with van der Waals surface area (Å²) in [6, 6.07) is 0.0867. The molecule has 90 valence electrons. The summed E-state index contributed by atoms with van der Waals surface area (Å²) >= 11 is 0. The fourth-order valence-electron chi connectivity index (χ4n) is 2.31. The topological polar surface area (TPSA) is 85.2 Å². The third-order valence-electron chi connectivity index (χ3n) is 3.57. The maximum atomic E-state index is 8.81. The summed E-state index contributed by atoms with van der Waals surface area (Å²) in [6.45, 7) is 2.13. The van der Waals surface area contributed by atoms with Crippen LogP contribution in [0.3, 0.4) is 0 Å². The van der Waals surface area contributed by atoms with Gasteiger partial charge >= 0.3 is 0 Å². The Kier molecular flexibility index (Phi) is 3.25. The van der Waals surface area contributed by atoms with Crippen LogP contribution in [0.15, 0.2) is 4.52 Å². The Balaban J connectivity index is 2.20. The molecule has 2 unspecified atom stereocenters. The van der Waals surface area contributed by atoms with Gasteiger partial charge in [0.2, 0.25) is 5.89 Å². The van der Waals surface area contributed by atoms with E-state index in [1.807, 2.05) is 0 Å². The number of nitrogens with zero attached hydrogens (tertiary/aromatic N) is 2. The molecule has 1 fully saturated rings. The third kappa shape index (κ3) is 1.97. The minimum atomic E-state index is -0.195. The van der Waals surface area contributed by atoms with Crippen LogP contribution in [0.5, 0.6) is 0 Å². The van der Waals surface area contributed by atoms with Gasteiger partial charge in [-0.05, 0) is 19.8 Å². The summed E-state index contributed by atoms with van der Waals surface area (Å²) in [6.07, 6.45) is 4.77. The number of aromatic nitrogens is 2. The van der Waals surface area contributed by atoms with E-state index in [4.69, 9.17) is 15.4 Å². The van der Waals surface area contributed by atoms with Gasteiger partial charge in [0.1, 0.15) is 0 Å². The average molecular weight is 225 g/mol. The zero-order valence-corrected chi connectivity index (χ0v) is 9.65. The molecule has 1 aromatic rings. The van der Waals surface area contributed by atoms with Gasteiger partial charge in [0.25, 0.3) is 0 Å². The predicted octanol–water partition coefficient (Wildman–Crippen LogP) is 0.763. The number of aliphatic hydroxyl groups excluding tert-OH is 1. The second-order valence-corrected chi connectivity index (χ2v) is 4.76. The average Bonchev–Trinajstić information content (AvgIpc) is 2.72. The van der Waals surface area contributed by atoms with Crippen LogP contribution in [0.2, 0.25) is 0 Å². The van der Waals surface area contributed by atoms with Gasteiger partial charge in [-0.15, -0.1) is 0 Å². The predicted molar refractivity (Wildman–Crippen MR) is 58.9 cm³/mol. The Hall–Kier alpha value is -0.940. The molecule has 0 aromatic carbocycles. The van der Waals surface area contributed by atoms with Crippen LogP contribution in [-0.4, -0.2) is 27.9 Å². The van der Waals surface area contributed by atoms with E-state index in [0.717, 1.165) is 19.3 Å². The lowest BCUT2D eigenvalue weighted by atomic mass is 9.72. The fraction of sp³-hybridized carbons (Fsp3) is 0.818. The van der Waals surface area contributed by atoms with E-state index in [9.17, 15) is 0 Å². The Morgan fingerprint density at radius 2 is 2.38 bits per heavy atom. The molecule has 5 nitrogen and oxygen atoms in total. The van der Waals surface area contributed by atoms with Crippen LogP contribution in [0.1, 0.15) is 44.3 Å². The first kappa shape index (κ1) is 11.5. The molecule has 1 aliphatic rings. The zero-order chi connectivity index (χ0) is 11.6. The van der Waals surface area contributed by atoms with E-state index in [1.165, 1.54) is 6.42 Å². The van der Waals surface area contributed by atoms with Crippen molar-refractivity contribution >= 4 is 0 Å². The third-order valence-corrected chi connectivity index (χ3v) is 3.57. The molecule has 1 saturated carbocycles. The van der Waals surface area contributed by atoms with Gasteiger partial charge in [-0.2, -0.15) is 4.98 Å². The lowest BCUT2D eigenvalue weighted by Crippen LogP contribution is -2.45. The van der Waals surface area contributed by atoms with Gasteiger partial charge in [-0.25, -0.2) is 0 Å². The summed E-state index contributed by atoms with van der Waals surface area (Å²) in [7, 11) is 0. The molecule has 16 heavy (non-hydrogen) atoms. The first-order valence-corrected chi connectivity index (χ1v) is 5.86. The second-order valence-electron chi connectivity index (χ2n) is 4.76. The number of nitrogens with two attached hydrogens (primary N) is 1. The van der Waals surface area contributed by atoms with Crippen molar-refractivity contribution in [2.24, 2.45) is 5.73 Å². The molecule has 1 aromatic heterocycles. The molecule has 0 bridgehead atoms. The van der Waals surface area contributed by atoms with Gasteiger partial charge in [0.05, 0.1) is 12.0 Å². The minimum absolute atomic E-state index is 0.0434. The van der Waals surface area contributed by atoms with Crippen molar-refractivity contribution in [3.05, 3.63) is 11.7 Å². The summed E-state index contributed by atoms with van der Waals surface area (Å²) in [5.74, 6) is 1.19. The molecule has 2 atom stereocenters. The van der Waals surface area contributed by atoms with Crippen molar-refractivity contribution < 1.29 is 9.63 Å². The highest BCUT2D eigenvalue weighted by molar-refractivity contribution is 5.10. The fourth-order valence-corrected chi connectivity index (χ4v) is 2.31. The van der Waals surface area contributed by atoms with Crippen molar-refractivity contribution in [3.63, 3.8) is 0 Å². The Labute approximate surface area is 95.0 Å². The van der Waals surface area contributed by atoms with Gasteiger partial charge in [-0.3, -0.25) is 0 Å². The minimum Gasteiger partial charge on any atom is -0.396 e. The molecule has 1 aliphatic carbocycles. The van der Waals surface area contributed by atoms with Crippen molar-refractivity contribution in [1.29, 1.82) is 0 Å². The quantitative estimate of drug-likeness (QED) is 0.793. The molecule has 0 radical (unpaired) electrons. The first-order chi connectivity index (χ1) is 7.66. The summed E-state index contributed by atoms with van der Waals surface area (Å²) in [5.41, 5.74) is 5.96. The van der Waals surface area contributed by atoms with Crippen LogP contribution >= 0.6 is 0 Å².